The Labute approximate surface area is 162 Å². The normalized spacial score (nSPS) is 32.2. The Balaban J connectivity index is 1.82. The SMILES string of the molecule is COc1ccc(C(O)P234OC[C@H](C(C)C)N2CCN3[C@@H](C(C)C)CO4)cc1. The molecule has 0 aromatic heterocycles. The van der Waals surface area contributed by atoms with E-state index in [1.807, 2.05) is 24.3 Å². The predicted octanol–water partition coefficient (Wildman–Crippen LogP) is 3.63. The van der Waals surface area contributed by atoms with Gasteiger partial charge in [0.15, 0.2) is 0 Å². The molecule has 1 spiro atoms. The first-order valence-corrected chi connectivity index (χ1v) is 12.1. The summed E-state index contributed by atoms with van der Waals surface area (Å²) in [6, 6.07) is 8.20. The quantitative estimate of drug-likeness (QED) is 0.767. The zero-order chi connectivity index (χ0) is 19.4. The second-order valence-corrected chi connectivity index (χ2v) is 12.5. The Hall–Kier alpha value is -0.750. The first kappa shape index (κ1) is 19.6. The Morgan fingerprint density at radius 2 is 1.44 bits per heavy atom. The molecular weight excluding hydrogens is 363 g/mol. The number of rotatable bonds is 5. The second-order valence-electron chi connectivity index (χ2n) is 8.62. The molecule has 6 nitrogen and oxygen atoms in total. The van der Waals surface area contributed by atoms with Crippen LogP contribution in [0.1, 0.15) is 39.1 Å². The number of aliphatic hydroxyl groups excluding tert-OH is 1. The minimum atomic E-state index is -3.56. The van der Waals surface area contributed by atoms with Crippen LogP contribution in [0.2, 0.25) is 0 Å². The van der Waals surface area contributed by atoms with Gasteiger partial charge in [0.1, 0.15) is 0 Å². The number of methoxy groups -OCH3 is 1. The van der Waals surface area contributed by atoms with Crippen LogP contribution in [0.15, 0.2) is 24.3 Å². The molecule has 7 heteroatoms. The summed E-state index contributed by atoms with van der Waals surface area (Å²) in [5.41, 5.74) is 0.833. The first-order valence-electron chi connectivity index (χ1n) is 10.0. The number of nitrogens with zero attached hydrogens (tertiary/aromatic N) is 2. The van der Waals surface area contributed by atoms with E-state index in [0.717, 1.165) is 24.4 Å². The summed E-state index contributed by atoms with van der Waals surface area (Å²) >= 11 is 0. The fourth-order valence-electron chi connectivity index (χ4n) is 5.06. The summed E-state index contributed by atoms with van der Waals surface area (Å²) in [4.78, 5) is 0. The molecule has 3 saturated heterocycles. The van der Waals surface area contributed by atoms with Crippen LogP contribution in [0.25, 0.3) is 0 Å². The van der Waals surface area contributed by atoms with Crippen LogP contribution in [0, 0.1) is 11.8 Å². The summed E-state index contributed by atoms with van der Waals surface area (Å²) in [5.74, 6) is 0.853. The van der Waals surface area contributed by atoms with Gasteiger partial charge < -0.3 is 0 Å². The van der Waals surface area contributed by atoms with E-state index in [0.29, 0.717) is 25.0 Å². The molecule has 3 heterocycles. The molecule has 1 aromatic carbocycles. The fourth-order valence-corrected chi connectivity index (χ4v) is 11.1. The molecular formula is C20H33N2O4P. The van der Waals surface area contributed by atoms with Gasteiger partial charge in [-0.2, -0.15) is 0 Å². The van der Waals surface area contributed by atoms with E-state index in [1.165, 1.54) is 0 Å². The Bertz CT molecular complexity index is 664. The third-order valence-corrected chi connectivity index (χ3v) is 11.9. The summed E-state index contributed by atoms with van der Waals surface area (Å²) < 4.78 is 23.5. The van der Waals surface area contributed by atoms with Crippen molar-refractivity contribution in [3.63, 3.8) is 0 Å². The van der Waals surface area contributed by atoms with Crippen LogP contribution < -0.4 is 4.74 Å². The van der Waals surface area contributed by atoms with Crippen LogP contribution in [0.5, 0.6) is 5.75 Å². The van der Waals surface area contributed by atoms with Crippen molar-refractivity contribution in [3.05, 3.63) is 29.8 Å². The van der Waals surface area contributed by atoms with Gasteiger partial charge in [0.25, 0.3) is 0 Å². The van der Waals surface area contributed by atoms with Crippen LogP contribution in [-0.2, 0) is 9.05 Å². The van der Waals surface area contributed by atoms with E-state index in [9.17, 15) is 5.11 Å². The van der Waals surface area contributed by atoms with E-state index in [-0.39, 0.29) is 12.1 Å². The van der Waals surface area contributed by atoms with E-state index in [1.54, 1.807) is 7.11 Å². The van der Waals surface area contributed by atoms with Crippen molar-refractivity contribution in [1.82, 2.24) is 9.34 Å². The maximum absolute atomic E-state index is 11.8. The van der Waals surface area contributed by atoms with Gasteiger partial charge >= 0.3 is 162 Å². The van der Waals surface area contributed by atoms with E-state index < -0.39 is 13.2 Å². The third-order valence-electron chi connectivity index (χ3n) is 6.62. The molecule has 0 saturated carbocycles. The molecule has 3 atom stereocenters. The van der Waals surface area contributed by atoms with Crippen LogP contribution in [0.4, 0.5) is 0 Å². The molecule has 0 aliphatic carbocycles. The standard InChI is InChI=1S/C20H33N2O4P/c1-14(2)18-12-25-27(20(23)16-6-8-17(24-5)9-7-16)21(18)10-11-22(27)19(13-26-27)15(3)4/h6-9,14-15,18-20,23H,10-13H2,1-5H3/t18-,19-,20?/m1/s1. The third kappa shape index (κ3) is 2.48. The molecule has 152 valence electrons. The van der Waals surface area contributed by atoms with Crippen LogP contribution in [0.3, 0.4) is 0 Å². The van der Waals surface area contributed by atoms with Gasteiger partial charge in [-0.15, -0.1) is 0 Å². The van der Waals surface area contributed by atoms with E-state index in [2.05, 4.69) is 37.0 Å². The van der Waals surface area contributed by atoms with Gasteiger partial charge in [0, 0.05) is 0 Å². The summed E-state index contributed by atoms with van der Waals surface area (Å²) in [7, 11) is -1.91. The summed E-state index contributed by atoms with van der Waals surface area (Å²) in [5, 5.41) is 11.8. The van der Waals surface area contributed by atoms with Gasteiger partial charge in [0.05, 0.1) is 0 Å². The molecule has 1 aromatic rings. The van der Waals surface area contributed by atoms with Gasteiger partial charge in [0.2, 0.25) is 0 Å². The Kier molecular flexibility index (Phi) is 4.82. The van der Waals surface area contributed by atoms with Gasteiger partial charge in [-0.1, -0.05) is 0 Å². The first-order chi connectivity index (χ1) is 12.8. The van der Waals surface area contributed by atoms with Crippen molar-refractivity contribution in [2.45, 2.75) is 45.6 Å². The summed E-state index contributed by atoms with van der Waals surface area (Å²) in [6.45, 7) is 11.9. The van der Waals surface area contributed by atoms with Crippen LogP contribution >= 0.6 is 7.36 Å². The average Bonchev–Trinajstić information content (AvgIpc) is 3.26. The number of benzene rings is 1. The zero-order valence-corrected chi connectivity index (χ0v) is 17.9. The van der Waals surface area contributed by atoms with Gasteiger partial charge in [-0.25, -0.2) is 0 Å². The van der Waals surface area contributed by atoms with Crippen molar-refractivity contribution in [2.24, 2.45) is 11.8 Å². The van der Waals surface area contributed by atoms with Crippen molar-refractivity contribution in [2.75, 3.05) is 33.4 Å². The molecule has 0 amide bonds. The minimum absolute atomic E-state index is 0.270. The van der Waals surface area contributed by atoms with Gasteiger partial charge in [-0.05, 0) is 0 Å². The molecule has 27 heavy (non-hydrogen) atoms. The molecule has 0 bridgehead atoms. The monoisotopic (exact) mass is 396 g/mol. The van der Waals surface area contributed by atoms with E-state index in [4.69, 9.17) is 13.8 Å². The van der Waals surface area contributed by atoms with Crippen molar-refractivity contribution in [1.29, 1.82) is 0 Å². The Morgan fingerprint density at radius 1 is 0.963 bits per heavy atom. The number of hydrogen-bond acceptors (Lipinski definition) is 6. The van der Waals surface area contributed by atoms with Crippen LogP contribution in [-0.4, -0.2) is 59.9 Å². The van der Waals surface area contributed by atoms with Gasteiger partial charge in [-0.3, -0.25) is 0 Å². The topological polar surface area (TPSA) is 54.4 Å². The molecule has 3 aliphatic rings. The molecule has 1 N–H and O–H groups in total. The maximum atomic E-state index is 11.8. The predicted molar refractivity (Wildman–Crippen MR) is 107 cm³/mol. The Morgan fingerprint density at radius 3 is 1.85 bits per heavy atom. The van der Waals surface area contributed by atoms with E-state index >= 15 is 0 Å². The van der Waals surface area contributed by atoms with Crippen molar-refractivity contribution >= 4 is 7.36 Å². The average molecular weight is 396 g/mol. The molecule has 3 fully saturated rings. The second kappa shape index (κ2) is 6.65. The molecule has 4 rings (SSSR count). The molecule has 0 radical (unpaired) electrons. The molecule has 1 unspecified atom stereocenters. The zero-order valence-electron chi connectivity index (χ0n) is 17.0. The molecule has 3 aliphatic heterocycles. The fraction of sp³-hybridized carbons (Fsp3) is 0.700. The number of hydrogen-bond donors (Lipinski definition) is 1. The van der Waals surface area contributed by atoms with Crippen molar-refractivity contribution < 1.29 is 18.9 Å². The van der Waals surface area contributed by atoms with Crippen molar-refractivity contribution in [3.8, 4) is 5.75 Å². The number of aliphatic hydroxyl groups is 1. The summed E-state index contributed by atoms with van der Waals surface area (Å²) in [6.07, 6.45) is 0. The number of ether oxygens (including phenoxy) is 1.